The fraction of sp³-hybridized carbons (Fsp3) is 0.143. The van der Waals surface area contributed by atoms with Crippen molar-refractivity contribution in [1.82, 2.24) is 4.98 Å². The number of benzene rings is 2. The molecule has 2 aromatic carbocycles. The summed E-state index contributed by atoms with van der Waals surface area (Å²) in [6.07, 6.45) is 1.59. The first-order valence-corrected chi connectivity index (χ1v) is 8.04. The van der Waals surface area contributed by atoms with Crippen LogP contribution < -0.4 is 0 Å². The molecule has 0 saturated heterocycles. The molecular weight excluding hydrogens is 296 g/mol. The smallest absolute Gasteiger partial charge is 0.241 e. The number of aromatic nitrogens is 1. The van der Waals surface area contributed by atoms with Crippen molar-refractivity contribution < 1.29 is 4.74 Å². The van der Waals surface area contributed by atoms with Crippen LogP contribution in [-0.2, 0) is 4.74 Å². The number of ether oxygens (including phenoxy) is 1. The van der Waals surface area contributed by atoms with Gasteiger partial charge in [-0.05, 0) is 43.2 Å². The Morgan fingerprint density at radius 3 is 2.42 bits per heavy atom. The summed E-state index contributed by atoms with van der Waals surface area (Å²) in [6, 6.07) is 20.5. The van der Waals surface area contributed by atoms with Crippen LogP contribution in [0.5, 0.6) is 0 Å². The second-order valence-electron chi connectivity index (χ2n) is 6.10. The Kier molecular flexibility index (Phi) is 3.62. The zero-order chi connectivity index (χ0) is 16.5. The van der Waals surface area contributed by atoms with Crippen LogP contribution in [0.15, 0.2) is 71.9 Å². The highest BCUT2D eigenvalue weighted by molar-refractivity contribution is 5.95. The number of aryl methyl sites for hydroxylation is 2. The van der Waals surface area contributed by atoms with Crippen LogP contribution in [0.25, 0.3) is 0 Å². The monoisotopic (exact) mass is 314 g/mol. The summed E-state index contributed by atoms with van der Waals surface area (Å²) in [6.45, 7) is 4.16. The number of fused-ring (bicyclic) bond motifs is 1. The van der Waals surface area contributed by atoms with Gasteiger partial charge in [0.05, 0.1) is 5.69 Å². The lowest BCUT2D eigenvalue weighted by molar-refractivity contribution is 0.228. The molecule has 0 N–H and O–H groups in total. The first-order chi connectivity index (χ1) is 11.7. The maximum absolute atomic E-state index is 6.25. The maximum atomic E-state index is 6.25. The molecule has 3 heteroatoms. The van der Waals surface area contributed by atoms with E-state index in [1.54, 1.807) is 6.20 Å². The van der Waals surface area contributed by atoms with Gasteiger partial charge in [0.2, 0.25) is 5.90 Å². The first kappa shape index (κ1) is 14.6. The Labute approximate surface area is 141 Å². The molecule has 1 aromatic heterocycles. The molecule has 0 aliphatic carbocycles. The summed E-state index contributed by atoms with van der Waals surface area (Å²) in [5, 5.41) is 0. The van der Waals surface area contributed by atoms with Gasteiger partial charge in [-0.3, -0.25) is 4.98 Å². The van der Waals surface area contributed by atoms with Gasteiger partial charge >= 0.3 is 0 Å². The normalized spacial score (nSPS) is 16.1. The van der Waals surface area contributed by atoms with Crippen LogP contribution in [0.3, 0.4) is 0 Å². The summed E-state index contributed by atoms with van der Waals surface area (Å²) in [5.41, 5.74) is 6.33. The predicted octanol–water partition coefficient (Wildman–Crippen LogP) is 4.90. The topological polar surface area (TPSA) is 34.5 Å². The molecule has 0 bridgehead atoms. The molecule has 0 radical (unpaired) electrons. The van der Waals surface area contributed by atoms with Crippen molar-refractivity contribution >= 4 is 11.6 Å². The number of nitrogens with zero attached hydrogens (tertiary/aromatic N) is 2. The molecule has 2 heterocycles. The van der Waals surface area contributed by atoms with E-state index in [2.05, 4.69) is 61.3 Å². The molecule has 3 nitrogen and oxygen atoms in total. The van der Waals surface area contributed by atoms with E-state index < -0.39 is 0 Å². The Hall–Kier alpha value is -2.94. The third kappa shape index (κ3) is 2.69. The van der Waals surface area contributed by atoms with Crippen LogP contribution in [0.2, 0.25) is 0 Å². The lowest BCUT2D eigenvalue weighted by Gasteiger charge is -2.26. The molecule has 0 fully saturated rings. The fourth-order valence-corrected chi connectivity index (χ4v) is 2.88. The van der Waals surface area contributed by atoms with Crippen LogP contribution in [0.4, 0.5) is 5.69 Å². The second-order valence-corrected chi connectivity index (χ2v) is 6.10. The molecule has 1 aliphatic rings. The molecule has 1 unspecified atom stereocenters. The molecule has 24 heavy (non-hydrogen) atoms. The summed E-state index contributed by atoms with van der Waals surface area (Å²) in [5.74, 6) is 0.569. The first-order valence-electron chi connectivity index (χ1n) is 8.04. The van der Waals surface area contributed by atoms with Crippen molar-refractivity contribution in [2.75, 3.05) is 0 Å². The number of pyridine rings is 1. The SMILES string of the molecule is Cc1ccc(C2OC(c3ccccn3)=Nc3cc(C)ccc32)cc1. The predicted molar refractivity (Wildman–Crippen MR) is 95.7 cm³/mol. The van der Waals surface area contributed by atoms with Crippen molar-refractivity contribution in [3.63, 3.8) is 0 Å². The Morgan fingerprint density at radius 2 is 1.67 bits per heavy atom. The van der Waals surface area contributed by atoms with E-state index in [-0.39, 0.29) is 6.10 Å². The zero-order valence-electron chi connectivity index (χ0n) is 13.7. The van der Waals surface area contributed by atoms with Gasteiger partial charge in [-0.25, -0.2) is 4.99 Å². The van der Waals surface area contributed by atoms with E-state index in [0.717, 1.165) is 22.5 Å². The van der Waals surface area contributed by atoms with Crippen molar-refractivity contribution in [3.8, 4) is 0 Å². The zero-order valence-corrected chi connectivity index (χ0v) is 13.7. The molecular formula is C21H18N2O. The highest BCUT2D eigenvalue weighted by Crippen LogP contribution is 2.38. The van der Waals surface area contributed by atoms with Gasteiger partial charge < -0.3 is 4.74 Å². The van der Waals surface area contributed by atoms with Gasteiger partial charge in [-0.1, -0.05) is 48.0 Å². The third-order valence-corrected chi connectivity index (χ3v) is 4.18. The average Bonchev–Trinajstić information content (AvgIpc) is 2.62. The third-order valence-electron chi connectivity index (χ3n) is 4.18. The molecule has 118 valence electrons. The van der Waals surface area contributed by atoms with Gasteiger partial charge in [-0.2, -0.15) is 0 Å². The van der Waals surface area contributed by atoms with E-state index in [1.165, 1.54) is 11.1 Å². The van der Waals surface area contributed by atoms with Crippen molar-refractivity contribution in [3.05, 3.63) is 94.8 Å². The number of aliphatic imine (C=N–C) groups is 1. The molecule has 3 aromatic rings. The summed E-state index contributed by atoms with van der Waals surface area (Å²) in [7, 11) is 0. The molecule has 4 rings (SSSR count). The van der Waals surface area contributed by atoms with Crippen LogP contribution in [0.1, 0.15) is 34.1 Å². The van der Waals surface area contributed by atoms with E-state index in [1.807, 2.05) is 18.2 Å². The van der Waals surface area contributed by atoms with Gasteiger partial charge in [0, 0.05) is 11.8 Å². The number of rotatable bonds is 2. The molecule has 0 amide bonds. The maximum Gasteiger partial charge on any atom is 0.241 e. The van der Waals surface area contributed by atoms with Gasteiger partial charge in [0.25, 0.3) is 0 Å². The summed E-state index contributed by atoms with van der Waals surface area (Å²) >= 11 is 0. The van der Waals surface area contributed by atoms with Crippen molar-refractivity contribution in [2.24, 2.45) is 4.99 Å². The van der Waals surface area contributed by atoms with E-state index >= 15 is 0 Å². The lowest BCUT2D eigenvalue weighted by atomic mass is 9.97. The van der Waals surface area contributed by atoms with E-state index in [0.29, 0.717) is 5.90 Å². The van der Waals surface area contributed by atoms with Crippen LogP contribution in [0, 0.1) is 13.8 Å². The minimum atomic E-state index is -0.171. The highest BCUT2D eigenvalue weighted by atomic mass is 16.5. The Balaban J connectivity index is 1.84. The minimum Gasteiger partial charge on any atom is -0.463 e. The minimum absolute atomic E-state index is 0.171. The second kappa shape index (κ2) is 5.93. The Bertz CT molecular complexity index is 899. The fourth-order valence-electron chi connectivity index (χ4n) is 2.88. The summed E-state index contributed by atoms with van der Waals surface area (Å²) < 4.78 is 6.25. The Morgan fingerprint density at radius 1 is 0.875 bits per heavy atom. The quantitative estimate of drug-likeness (QED) is 0.674. The number of hydrogen-bond donors (Lipinski definition) is 0. The van der Waals surface area contributed by atoms with Gasteiger partial charge in [0.15, 0.2) is 6.10 Å². The average molecular weight is 314 g/mol. The molecule has 0 spiro atoms. The molecule has 0 saturated carbocycles. The van der Waals surface area contributed by atoms with Crippen molar-refractivity contribution in [1.29, 1.82) is 0 Å². The largest absolute Gasteiger partial charge is 0.463 e. The standard InChI is InChI=1S/C21H18N2O/c1-14-6-9-16(10-7-14)20-17-11-8-15(2)13-19(17)23-21(24-20)18-5-3-4-12-22-18/h3-13,20H,1-2H3. The lowest BCUT2D eigenvalue weighted by Crippen LogP contribution is -2.18. The molecule has 1 aliphatic heterocycles. The summed E-state index contributed by atoms with van der Waals surface area (Å²) in [4.78, 5) is 9.09. The number of hydrogen-bond acceptors (Lipinski definition) is 3. The van der Waals surface area contributed by atoms with E-state index in [9.17, 15) is 0 Å². The van der Waals surface area contributed by atoms with Crippen LogP contribution in [-0.4, -0.2) is 10.9 Å². The molecule has 1 atom stereocenters. The van der Waals surface area contributed by atoms with Gasteiger partial charge in [-0.15, -0.1) is 0 Å². The van der Waals surface area contributed by atoms with Gasteiger partial charge in [0.1, 0.15) is 5.69 Å². The van der Waals surface area contributed by atoms with E-state index in [4.69, 9.17) is 9.73 Å². The van der Waals surface area contributed by atoms with Crippen molar-refractivity contribution in [2.45, 2.75) is 20.0 Å². The highest BCUT2D eigenvalue weighted by Gasteiger charge is 2.26. The van der Waals surface area contributed by atoms with Crippen LogP contribution >= 0.6 is 0 Å².